The molecule has 1 fully saturated rings. The summed E-state index contributed by atoms with van der Waals surface area (Å²) in [5.74, 6) is -0.184. The summed E-state index contributed by atoms with van der Waals surface area (Å²) in [6.45, 7) is 6.40. The molecule has 0 saturated carbocycles. The zero-order valence-electron chi connectivity index (χ0n) is 12.2. The SMILES string of the molecule is CCCN(Cc1ccc(F)cc1Br)CC1CCCCN1. The quantitative estimate of drug-likeness (QED) is 0.842. The van der Waals surface area contributed by atoms with Gasteiger partial charge < -0.3 is 5.32 Å². The Hall–Kier alpha value is -0.450. The van der Waals surface area contributed by atoms with Gasteiger partial charge in [0, 0.05) is 23.6 Å². The third kappa shape index (κ3) is 4.83. The Balaban J connectivity index is 1.96. The van der Waals surface area contributed by atoms with Crippen molar-refractivity contribution in [3.05, 3.63) is 34.1 Å². The van der Waals surface area contributed by atoms with Gasteiger partial charge in [0.15, 0.2) is 0 Å². The van der Waals surface area contributed by atoms with Gasteiger partial charge in [0.1, 0.15) is 5.82 Å². The summed E-state index contributed by atoms with van der Waals surface area (Å²) in [5, 5.41) is 3.60. The van der Waals surface area contributed by atoms with Crippen LogP contribution in [0.25, 0.3) is 0 Å². The zero-order chi connectivity index (χ0) is 14.4. The van der Waals surface area contributed by atoms with Crippen molar-refractivity contribution in [2.75, 3.05) is 19.6 Å². The molecule has 0 amide bonds. The predicted molar refractivity (Wildman–Crippen MR) is 85.3 cm³/mol. The largest absolute Gasteiger partial charge is 0.313 e. The average Bonchev–Trinajstić information content (AvgIpc) is 2.43. The summed E-state index contributed by atoms with van der Waals surface area (Å²) >= 11 is 3.47. The van der Waals surface area contributed by atoms with Crippen molar-refractivity contribution >= 4 is 15.9 Å². The Kier molecular flexibility index (Phi) is 6.46. The second-order valence-corrected chi connectivity index (χ2v) is 6.47. The van der Waals surface area contributed by atoms with Crippen molar-refractivity contribution in [3.63, 3.8) is 0 Å². The fourth-order valence-electron chi connectivity index (χ4n) is 2.83. The summed E-state index contributed by atoms with van der Waals surface area (Å²) in [6, 6.07) is 5.59. The first-order valence-corrected chi connectivity index (χ1v) is 8.38. The van der Waals surface area contributed by atoms with E-state index >= 15 is 0 Å². The molecule has 1 aromatic carbocycles. The van der Waals surface area contributed by atoms with Crippen LogP contribution in [-0.4, -0.2) is 30.6 Å². The zero-order valence-corrected chi connectivity index (χ0v) is 13.8. The van der Waals surface area contributed by atoms with Crippen LogP contribution in [0.1, 0.15) is 38.2 Å². The number of rotatable bonds is 6. The van der Waals surface area contributed by atoms with Gasteiger partial charge in [-0.2, -0.15) is 0 Å². The van der Waals surface area contributed by atoms with Crippen LogP contribution in [0, 0.1) is 5.82 Å². The van der Waals surface area contributed by atoms with E-state index in [1.807, 2.05) is 6.07 Å². The maximum Gasteiger partial charge on any atom is 0.124 e. The van der Waals surface area contributed by atoms with Crippen LogP contribution in [0.5, 0.6) is 0 Å². The molecule has 1 aliphatic heterocycles. The molecule has 2 rings (SSSR count). The summed E-state index contributed by atoms with van der Waals surface area (Å²) in [5.41, 5.74) is 1.16. The van der Waals surface area contributed by atoms with Gasteiger partial charge in [0.2, 0.25) is 0 Å². The van der Waals surface area contributed by atoms with Crippen molar-refractivity contribution in [2.24, 2.45) is 0 Å². The second-order valence-electron chi connectivity index (χ2n) is 5.62. The summed E-state index contributed by atoms with van der Waals surface area (Å²) < 4.78 is 14.0. The first-order chi connectivity index (χ1) is 9.69. The Bertz CT molecular complexity index is 419. The minimum Gasteiger partial charge on any atom is -0.313 e. The molecule has 1 atom stereocenters. The highest BCUT2D eigenvalue weighted by atomic mass is 79.9. The Morgan fingerprint density at radius 2 is 2.25 bits per heavy atom. The topological polar surface area (TPSA) is 15.3 Å². The van der Waals surface area contributed by atoms with Crippen molar-refractivity contribution in [1.82, 2.24) is 10.2 Å². The van der Waals surface area contributed by atoms with Crippen LogP contribution in [0.2, 0.25) is 0 Å². The van der Waals surface area contributed by atoms with Crippen LogP contribution >= 0.6 is 15.9 Å². The molecule has 1 unspecified atom stereocenters. The van der Waals surface area contributed by atoms with E-state index < -0.39 is 0 Å². The van der Waals surface area contributed by atoms with E-state index in [4.69, 9.17) is 0 Å². The molecule has 1 heterocycles. The van der Waals surface area contributed by atoms with Crippen LogP contribution in [0.4, 0.5) is 4.39 Å². The van der Waals surface area contributed by atoms with E-state index in [2.05, 4.69) is 33.1 Å². The number of nitrogens with zero attached hydrogens (tertiary/aromatic N) is 1. The summed E-state index contributed by atoms with van der Waals surface area (Å²) in [4.78, 5) is 2.47. The van der Waals surface area contributed by atoms with Crippen molar-refractivity contribution in [1.29, 1.82) is 0 Å². The first-order valence-electron chi connectivity index (χ1n) is 7.58. The predicted octanol–water partition coefficient (Wildman–Crippen LogP) is 3.94. The van der Waals surface area contributed by atoms with Crippen molar-refractivity contribution < 1.29 is 4.39 Å². The molecule has 1 N–H and O–H groups in total. The molecule has 4 heteroatoms. The molecular weight excluding hydrogens is 319 g/mol. The molecule has 0 aromatic heterocycles. The number of benzene rings is 1. The summed E-state index contributed by atoms with van der Waals surface area (Å²) in [7, 11) is 0. The lowest BCUT2D eigenvalue weighted by molar-refractivity contribution is 0.217. The van der Waals surface area contributed by atoms with Gasteiger partial charge in [-0.1, -0.05) is 35.3 Å². The molecule has 1 aromatic rings. The normalized spacial score (nSPS) is 19.5. The highest BCUT2D eigenvalue weighted by molar-refractivity contribution is 9.10. The van der Waals surface area contributed by atoms with E-state index in [0.29, 0.717) is 6.04 Å². The van der Waals surface area contributed by atoms with Crippen LogP contribution < -0.4 is 5.32 Å². The number of hydrogen-bond donors (Lipinski definition) is 1. The smallest absolute Gasteiger partial charge is 0.124 e. The van der Waals surface area contributed by atoms with Gasteiger partial charge >= 0.3 is 0 Å². The van der Waals surface area contributed by atoms with Crippen LogP contribution in [0.15, 0.2) is 22.7 Å². The fourth-order valence-corrected chi connectivity index (χ4v) is 3.31. The molecule has 2 nitrogen and oxygen atoms in total. The maximum absolute atomic E-state index is 13.2. The van der Waals surface area contributed by atoms with E-state index in [0.717, 1.165) is 42.6 Å². The molecule has 1 saturated heterocycles. The van der Waals surface area contributed by atoms with E-state index in [1.54, 1.807) is 12.1 Å². The fraction of sp³-hybridized carbons (Fsp3) is 0.625. The van der Waals surface area contributed by atoms with Gasteiger partial charge in [0.05, 0.1) is 0 Å². The van der Waals surface area contributed by atoms with Gasteiger partial charge in [-0.05, 0) is 50.0 Å². The Morgan fingerprint density at radius 3 is 2.90 bits per heavy atom. The Labute approximate surface area is 129 Å². The van der Waals surface area contributed by atoms with Crippen LogP contribution in [-0.2, 0) is 6.54 Å². The van der Waals surface area contributed by atoms with E-state index in [-0.39, 0.29) is 5.82 Å². The molecule has 112 valence electrons. The lowest BCUT2D eigenvalue weighted by Crippen LogP contribution is -2.43. The van der Waals surface area contributed by atoms with Crippen molar-refractivity contribution in [2.45, 2.75) is 45.2 Å². The van der Waals surface area contributed by atoms with Crippen molar-refractivity contribution in [3.8, 4) is 0 Å². The highest BCUT2D eigenvalue weighted by Crippen LogP contribution is 2.20. The van der Waals surface area contributed by atoms with Gasteiger partial charge in [-0.3, -0.25) is 4.90 Å². The second kappa shape index (κ2) is 8.11. The van der Waals surface area contributed by atoms with Crippen LogP contribution in [0.3, 0.4) is 0 Å². The highest BCUT2D eigenvalue weighted by Gasteiger charge is 2.17. The lowest BCUT2D eigenvalue weighted by atomic mass is 10.0. The number of nitrogens with one attached hydrogen (secondary N) is 1. The standard InChI is InChI=1S/C16H24BrFN2/c1-2-9-20(12-15-5-3-4-8-19-15)11-13-6-7-14(18)10-16(13)17/h6-7,10,15,19H,2-5,8-9,11-12H2,1H3. The Morgan fingerprint density at radius 1 is 1.40 bits per heavy atom. The summed E-state index contributed by atoms with van der Waals surface area (Å²) in [6.07, 6.45) is 5.04. The molecule has 1 aliphatic rings. The lowest BCUT2D eigenvalue weighted by Gasteiger charge is -2.30. The third-order valence-electron chi connectivity index (χ3n) is 3.84. The van der Waals surface area contributed by atoms with E-state index in [9.17, 15) is 4.39 Å². The van der Waals surface area contributed by atoms with E-state index in [1.165, 1.54) is 19.3 Å². The third-order valence-corrected chi connectivity index (χ3v) is 4.58. The average molecular weight is 343 g/mol. The molecule has 0 radical (unpaired) electrons. The monoisotopic (exact) mass is 342 g/mol. The number of hydrogen-bond acceptors (Lipinski definition) is 2. The van der Waals surface area contributed by atoms with Gasteiger partial charge in [-0.25, -0.2) is 4.39 Å². The maximum atomic E-state index is 13.2. The molecular formula is C16H24BrFN2. The molecule has 0 bridgehead atoms. The molecule has 0 spiro atoms. The number of piperidine rings is 1. The first kappa shape index (κ1) is 15.9. The molecule has 0 aliphatic carbocycles. The minimum absolute atomic E-state index is 0.184. The van der Waals surface area contributed by atoms with Gasteiger partial charge in [-0.15, -0.1) is 0 Å². The van der Waals surface area contributed by atoms with Gasteiger partial charge in [0.25, 0.3) is 0 Å². The molecule has 20 heavy (non-hydrogen) atoms. The number of halogens is 2. The minimum atomic E-state index is -0.184.